The summed E-state index contributed by atoms with van der Waals surface area (Å²) in [4.78, 5) is 32.7. The first kappa shape index (κ1) is 78.2. The second-order valence-electron chi connectivity index (χ2n) is 34.2. The molecule has 124 heavy (non-hydrogen) atoms. The number of aryl methyl sites for hydroxylation is 17. The Labute approximate surface area is 726 Å². The fourth-order valence-electron chi connectivity index (χ4n) is 17.5. The minimum atomic E-state index is 0. The van der Waals surface area contributed by atoms with Gasteiger partial charge in [-0.05, 0) is 357 Å². The Bertz CT molecular complexity index is 7390. The van der Waals surface area contributed by atoms with E-state index in [1.54, 1.807) is 0 Å². The summed E-state index contributed by atoms with van der Waals surface area (Å²) in [5, 5.41) is 38.1. The van der Waals surface area contributed by atoms with E-state index in [0.717, 1.165) is 122 Å². The average molecular weight is 1670 g/mol. The summed E-state index contributed by atoms with van der Waals surface area (Å²) in [7, 11) is 0. The average Bonchev–Trinajstić information content (AvgIpc) is 1.53. The second-order valence-corrected chi connectivity index (χ2v) is 34.2. The quantitative estimate of drug-likeness (QED) is 0.132. The SMILES string of the molecule is Cc1cc2[nH]c3c(c2cc1C)c1[nH]c2cc(C)c(C)cc2c1c1[nH]c2cc(C)c(C)cc2c31.Cc1cc2c(cc1C)-c1cc3[n-]c(cc4nc(cc5[n-]c(cc-2n1)c1cc(C)c(C)cc51)-c1cc(C)c(C)cc1-4)c1cc(C)c(C)cc31.Cc1ccc(-c2nnc(-c3cc(-c4nnc(-c5ccc(C)cc5)o4)cc(-c4nnc(-c5ccc(C)cc5)o4)c3)o2)cc1.[Cu+2]. The van der Waals surface area contributed by atoms with Gasteiger partial charge < -0.3 is 38.2 Å². The van der Waals surface area contributed by atoms with E-state index in [0.29, 0.717) is 52.0 Å². The molecule has 0 saturated heterocycles. The van der Waals surface area contributed by atoms with E-state index >= 15 is 0 Å². The molecule has 21 aromatic rings. The van der Waals surface area contributed by atoms with Gasteiger partial charge in [-0.25, -0.2) is 9.97 Å². The van der Waals surface area contributed by atoms with Crippen LogP contribution < -0.4 is 9.97 Å². The van der Waals surface area contributed by atoms with E-state index in [1.807, 2.05) is 112 Å². The van der Waals surface area contributed by atoms with Crippen molar-refractivity contribution in [2.24, 2.45) is 0 Å². The standard InChI is InChI=1S/C44H36N4.C33H24N6O3.C30H27N3.Cu/c1-21-9-29-30(10-22(21)2)38-18-40-33-13-25(5)26(6)14-34(33)42(47-40)20-44-36-16-28(8)27(7)15-35(36)43(48-44)19-41-32-12-24(4)23(3)11-31(32)39(46-41)17-37(29)45-38;1-19-4-10-22(11-5-19)28-34-37-31(40-28)25-16-26(32-38-35-29(41-32)23-12-6-20(2)7-13-23)18-27(17-25)33-39-36-30(42-33)24-14-8-21(3)9-15-24;1-13-7-19-22(10-16(13)4)31-28-25(19)29-27(20-8-14(2)17(5)11-23(20)32-29)30-26(28)21-9-15(3)18(6)12-24(21)33-30;/h9-20H,1-8H3;4-18H,1-3H3;7-12,31-33H,1-6H3;/q-2;;;+2. The Hall–Kier alpha value is -14.4. The Morgan fingerprint density at radius 2 is 0.419 bits per heavy atom. The molecular weight excluding hydrogens is 1580 g/mol. The second kappa shape index (κ2) is 29.8. The van der Waals surface area contributed by atoms with Crippen molar-refractivity contribution < 1.29 is 30.3 Å². The van der Waals surface area contributed by atoms with Gasteiger partial charge in [0.1, 0.15) is 0 Å². The molecular formula is C107H87CuN13O3. The molecule has 0 fully saturated rings. The molecule has 0 atom stereocenters. The molecule has 2 aliphatic rings. The molecule has 23 rings (SSSR count). The van der Waals surface area contributed by atoms with Crippen LogP contribution in [0, 0.1) is 118 Å². The number of nitrogens with one attached hydrogen (secondary N) is 3. The number of benzene rings is 12. The van der Waals surface area contributed by atoms with Gasteiger partial charge in [-0.2, -0.15) is 0 Å². The van der Waals surface area contributed by atoms with Crippen LogP contribution in [0.25, 0.3) is 223 Å². The number of rotatable bonds is 6. The van der Waals surface area contributed by atoms with Crippen LogP contribution in [0.2, 0.25) is 0 Å². The van der Waals surface area contributed by atoms with Gasteiger partial charge in [0.2, 0.25) is 35.3 Å². The van der Waals surface area contributed by atoms with Crippen molar-refractivity contribution in [1.82, 2.24) is 65.5 Å². The van der Waals surface area contributed by atoms with Gasteiger partial charge in [0.05, 0.1) is 39.3 Å². The van der Waals surface area contributed by atoms with Crippen molar-refractivity contribution in [2.45, 2.75) is 118 Å². The smallest absolute Gasteiger partial charge is 0.657 e. The summed E-state index contributed by atoms with van der Waals surface area (Å²) >= 11 is 0. The summed E-state index contributed by atoms with van der Waals surface area (Å²) in [6.45, 7) is 36.7. The Morgan fingerprint density at radius 1 is 0.218 bits per heavy atom. The summed E-state index contributed by atoms with van der Waals surface area (Å²) in [5.41, 5.74) is 44.9. The molecule has 1 radical (unpaired) electrons. The Kier molecular flexibility index (Phi) is 18.8. The van der Waals surface area contributed by atoms with Crippen LogP contribution in [0.3, 0.4) is 0 Å². The molecule has 0 saturated carbocycles. The van der Waals surface area contributed by atoms with Gasteiger partial charge in [0.15, 0.2) is 0 Å². The molecule has 3 N–H and O–H groups in total. The van der Waals surface area contributed by atoms with Gasteiger partial charge in [-0.3, -0.25) is 0 Å². The van der Waals surface area contributed by atoms with E-state index in [-0.39, 0.29) is 17.1 Å². The Balaban J connectivity index is 0.000000119. The van der Waals surface area contributed by atoms with Crippen molar-refractivity contribution in [2.75, 3.05) is 0 Å². The fraction of sp³-hybridized carbons (Fsp3) is 0.159. The maximum atomic E-state index is 6.09. The minimum Gasteiger partial charge on any atom is -0.657 e. The number of nitrogens with zero attached hydrogens (tertiary/aromatic N) is 10. The zero-order chi connectivity index (χ0) is 84.6. The minimum absolute atomic E-state index is 0. The van der Waals surface area contributed by atoms with Gasteiger partial charge in [-0.1, -0.05) is 77.4 Å². The van der Waals surface area contributed by atoms with Crippen LogP contribution in [0.15, 0.2) is 213 Å². The fourth-order valence-corrected chi connectivity index (χ4v) is 17.5. The van der Waals surface area contributed by atoms with Crippen molar-refractivity contribution in [3.63, 3.8) is 0 Å². The molecule has 8 bridgehead atoms. The van der Waals surface area contributed by atoms with Crippen molar-refractivity contribution in [1.29, 1.82) is 0 Å². The van der Waals surface area contributed by atoms with Crippen molar-refractivity contribution >= 4 is 109 Å². The van der Waals surface area contributed by atoms with E-state index in [2.05, 4.69) is 252 Å². The van der Waals surface area contributed by atoms with Crippen LogP contribution in [0.5, 0.6) is 0 Å². The molecule has 12 aromatic carbocycles. The molecule has 609 valence electrons. The van der Waals surface area contributed by atoms with Crippen LogP contribution in [-0.2, 0) is 17.1 Å². The molecule has 0 aliphatic carbocycles. The van der Waals surface area contributed by atoms with E-state index < -0.39 is 0 Å². The van der Waals surface area contributed by atoms with Gasteiger partial charge in [-0.15, -0.1) is 52.7 Å². The summed E-state index contributed by atoms with van der Waals surface area (Å²) in [6.07, 6.45) is 0. The normalized spacial score (nSPS) is 11.8. The van der Waals surface area contributed by atoms with E-state index in [1.165, 1.54) is 143 Å². The monoisotopic (exact) mass is 1660 g/mol. The zero-order valence-corrected chi connectivity index (χ0v) is 73.0. The van der Waals surface area contributed by atoms with Crippen LogP contribution >= 0.6 is 0 Å². The number of fused-ring (bicyclic) bond motifs is 32. The topological polar surface area (TPSA) is 218 Å². The third-order valence-electron chi connectivity index (χ3n) is 25.6. The molecule has 0 unspecified atom stereocenters. The molecule has 17 heteroatoms. The predicted octanol–water partition coefficient (Wildman–Crippen LogP) is 27.2. The molecule has 9 aromatic heterocycles. The third-order valence-corrected chi connectivity index (χ3v) is 25.6. The van der Waals surface area contributed by atoms with Gasteiger partial charge in [0, 0.05) is 105 Å². The first-order valence-corrected chi connectivity index (χ1v) is 41.8. The molecule has 16 nitrogen and oxygen atoms in total. The molecule has 11 heterocycles. The van der Waals surface area contributed by atoms with E-state index in [9.17, 15) is 0 Å². The number of hydrogen-bond donors (Lipinski definition) is 3. The number of hydrogen-bond acceptors (Lipinski definition) is 11. The third kappa shape index (κ3) is 13.4. The predicted molar refractivity (Wildman–Crippen MR) is 500 cm³/mol. The van der Waals surface area contributed by atoms with Crippen molar-refractivity contribution in [3.8, 4) is 114 Å². The first-order chi connectivity index (χ1) is 59.3. The largest absolute Gasteiger partial charge is 2.00 e. The summed E-state index contributed by atoms with van der Waals surface area (Å²) in [6, 6.07) is 70.1. The van der Waals surface area contributed by atoms with Crippen LogP contribution in [0.1, 0.15) is 94.6 Å². The molecule has 2 aliphatic heterocycles. The number of aromatic nitrogens is 13. The van der Waals surface area contributed by atoms with Crippen LogP contribution in [-0.4, -0.2) is 55.5 Å². The van der Waals surface area contributed by atoms with E-state index in [4.69, 9.17) is 33.2 Å². The Morgan fingerprint density at radius 3 is 0.653 bits per heavy atom. The summed E-state index contributed by atoms with van der Waals surface area (Å²) in [5.74, 6) is 2.21. The molecule has 0 amide bonds. The maximum absolute atomic E-state index is 6.09. The van der Waals surface area contributed by atoms with Gasteiger partial charge >= 0.3 is 17.1 Å². The number of H-pyrrole nitrogens is 3. The summed E-state index contributed by atoms with van der Waals surface area (Å²) < 4.78 is 18.3. The van der Waals surface area contributed by atoms with Gasteiger partial charge in [0.25, 0.3) is 0 Å². The zero-order valence-electron chi connectivity index (χ0n) is 72.1. The maximum Gasteiger partial charge on any atom is 2.00 e. The number of aromatic amines is 3. The first-order valence-electron chi connectivity index (χ1n) is 41.8. The molecule has 0 spiro atoms. The van der Waals surface area contributed by atoms with Crippen LogP contribution in [0.4, 0.5) is 0 Å². The van der Waals surface area contributed by atoms with Crippen molar-refractivity contribution in [3.05, 3.63) is 295 Å².